The molecule has 0 spiro atoms. The van der Waals surface area contributed by atoms with Gasteiger partial charge in [0.1, 0.15) is 18.4 Å². The second-order valence-corrected chi connectivity index (χ2v) is 12.7. The molecule has 1 aliphatic rings. The molecule has 4 rings (SSSR count). The Bertz CT molecular complexity index is 1480. The van der Waals surface area contributed by atoms with Crippen molar-refractivity contribution in [3.05, 3.63) is 94.8 Å². The number of benzene rings is 3. The summed E-state index contributed by atoms with van der Waals surface area (Å²) in [5.74, 6) is -1.54. The van der Waals surface area contributed by atoms with Gasteiger partial charge >= 0.3 is 0 Å². The quantitative estimate of drug-likeness (QED) is 0.317. The minimum Gasteiger partial charge on any atom is -0.352 e. The van der Waals surface area contributed by atoms with E-state index in [9.17, 15) is 22.4 Å². The van der Waals surface area contributed by atoms with Gasteiger partial charge in [-0.3, -0.25) is 13.9 Å². The molecular weight excluding hydrogens is 565 g/mol. The summed E-state index contributed by atoms with van der Waals surface area (Å²) < 4.78 is 43.5. The topological polar surface area (TPSA) is 86.8 Å². The van der Waals surface area contributed by atoms with E-state index in [4.69, 9.17) is 11.6 Å². The van der Waals surface area contributed by atoms with Crippen LogP contribution in [0.15, 0.2) is 77.7 Å². The van der Waals surface area contributed by atoms with Crippen LogP contribution >= 0.6 is 11.6 Å². The predicted octanol–water partition coefficient (Wildman–Crippen LogP) is 5.85. The molecule has 0 radical (unpaired) electrons. The zero-order chi connectivity index (χ0) is 29.6. The van der Waals surface area contributed by atoms with Crippen LogP contribution in [0, 0.1) is 12.7 Å². The van der Waals surface area contributed by atoms with Crippen molar-refractivity contribution in [1.29, 1.82) is 0 Å². The van der Waals surface area contributed by atoms with Gasteiger partial charge in [0.25, 0.3) is 10.0 Å². The molecule has 1 atom stereocenters. The first kappa shape index (κ1) is 30.5. The van der Waals surface area contributed by atoms with Crippen LogP contribution in [-0.4, -0.2) is 43.8 Å². The van der Waals surface area contributed by atoms with Crippen LogP contribution in [0.3, 0.4) is 0 Å². The van der Waals surface area contributed by atoms with Gasteiger partial charge in [-0.2, -0.15) is 0 Å². The highest BCUT2D eigenvalue weighted by molar-refractivity contribution is 7.92. The van der Waals surface area contributed by atoms with Crippen molar-refractivity contribution in [3.63, 3.8) is 0 Å². The highest BCUT2D eigenvalue weighted by Gasteiger charge is 2.34. The van der Waals surface area contributed by atoms with Crippen LogP contribution < -0.4 is 9.62 Å². The van der Waals surface area contributed by atoms with Gasteiger partial charge < -0.3 is 10.2 Å². The molecule has 2 amide bonds. The van der Waals surface area contributed by atoms with E-state index in [1.54, 1.807) is 62.4 Å². The zero-order valence-electron chi connectivity index (χ0n) is 23.2. The maximum absolute atomic E-state index is 14.7. The van der Waals surface area contributed by atoms with Crippen LogP contribution in [0.25, 0.3) is 0 Å². The number of carbonyl (C=O) groups is 2. The number of sulfonamides is 1. The van der Waals surface area contributed by atoms with Gasteiger partial charge in [0, 0.05) is 23.2 Å². The van der Waals surface area contributed by atoms with E-state index in [1.165, 1.54) is 29.2 Å². The SMILES string of the molecule is Cc1ccc(Cl)cc1N(CC(=O)N(Cc1ccccc1F)C(C)C(=O)NC1CCCCC1)S(=O)(=O)c1ccccc1. The maximum Gasteiger partial charge on any atom is 0.264 e. The first-order chi connectivity index (χ1) is 19.6. The average molecular weight is 600 g/mol. The summed E-state index contributed by atoms with van der Waals surface area (Å²) in [7, 11) is -4.22. The molecule has 0 heterocycles. The zero-order valence-corrected chi connectivity index (χ0v) is 24.8. The highest BCUT2D eigenvalue weighted by atomic mass is 35.5. The van der Waals surface area contributed by atoms with Crippen molar-refractivity contribution >= 4 is 39.1 Å². The molecule has 0 aromatic heterocycles. The normalized spacial score (nSPS) is 14.7. The van der Waals surface area contributed by atoms with E-state index < -0.39 is 34.3 Å². The van der Waals surface area contributed by atoms with Crippen molar-refractivity contribution in [2.75, 3.05) is 10.8 Å². The average Bonchev–Trinajstić information content (AvgIpc) is 2.97. The molecular formula is C31H35ClFN3O4S. The number of halogens is 2. The van der Waals surface area contributed by atoms with Gasteiger partial charge in [0.2, 0.25) is 11.8 Å². The summed E-state index contributed by atoms with van der Waals surface area (Å²) in [6.07, 6.45) is 4.87. The molecule has 3 aromatic rings. The van der Waals surface area contributed by atoms with Gasteiger partial charge in [0.15, 0.2) is 0 Å². The number of hydrogen-bond donors (Lipinski definition) is 1. The monoisotopic (exact) mass is 599 g/mol. The molecule has 10 heteroatoms. The highest BCUT2D eigenvalue weighted by Crippen LogP contribution is 2.30. The molecule has 0 aliphatic heterocycles. The first-order valence-corrected chi connectivity index (χ1v) is 15.6. The van der Waals surface area contributed by atoms with Crippen LogP contribution in [0.1, 0.15) is 50.2 Å². The van der Waals surface area contributed by atoms with Gasteiger partial charge in [-0.25, -0.2) is 12.8 Å². The first-order valence-electron chi connectivity index (χ1n) is 13.7. The summed E-state index contributed by atoms with van der Waals surface area (Å²) in [6, 6.07) is 17.6. The Kier molecular flexibility index (Phi) is 10.0. The molecule has 1 aliphatic carbocycles. The Morgan fingerprint density at radius 3 is 2.34 bits per heavy atom. The molecule has 1 unspecified atom stereocenters. The summed E-state index contributed by atoms with van der Waals surface area (Å²) in [5, 5.41) is 3.34. The van der Waals surface area contributed by atoms with Crippen molar-refractivity contribution < 1.29 is 22.4 Å². The van der Waals surface area contributed by atoms with E-state index in [0.717, 1.165) is 36.4 Å². The van der Waals surface area contributed by atoms with E-state index in [-0.39, 0.29) is 34.6 Å². The van der Waals surface area contributed by atoms with E-state index in [1.807, 2.05) is 0 Å². The third-order valence-electron chi connectivity index (χ3n) is 7.47. The lowest BCUT2D eigenvalue weighted by Crippen LogP contribution is -2.53. The number of anilines is 1. The summed E-state index contributed by atoms with van der Waals surface area (Å²) >= 11 is 6.25. The van der Waals surface area contributed by atoms with Crippen LogP contribution in [-0.2, 0) is 26.2 Å². The minimum absolute atomic E-state index is 0.00378. The lowest BCUT2D eigenvalue weighted by Gasteiger charge is -2.33. The van der Waals surface area contributed by atoms with Gasteiger partial charge in [0.05, 0.1) is 10.6 Å². The number of nitrogens with one attached hydrogen (secondary N) is 1. The van der Waals surface area contributed by atoms with Crippen LogP contribution in [0.2, 0.25) is 5.02 Å². The van der Waals surface area contributed by atoms with Gasteiger partial charge in [-0.1, -0.05) is 73.3 Å². The third kappa shape index (κ3) is 7.45. The van der Waals surface area contributed by atoms with Gasteiger partial charge in [-0.05, 0) is 62.6 Å². The number of amides is 2. The molecule has 3 aromatic carbocycles. The number of rotatable bonds is 10. The Balaban J connectivity index is 1.71. The molecule has 1 fully saturated rings. The minimum atomic E-state index is -4.22. The Labute approximate surface area is 246 Å². The molecule has 218 valence electrons. The summed E-state index contributed by atoms with van der Waals surface area (Å²) in [6.45, 7) is 2.48. The Hall–Kier alpha value is -3.43. The third-order valence-corrected chi connectivity index (χ3v) is 9.48. The molecule has 0 bridgehead atoms. The van der Waals surface area contributed by atoms with Gasteiger partial charge in [-0.15, -0.1) is 0 Å². The lowest BCUT2D eigenvalue weighted by molar-refractivity contribution is -0.139. The molecule has 1 saturated carbocycles. The van der Waals surface area contributed by atoms with E-state index in [0.29, 0.717) is 10.6 Å². The number of nitrogens with zero attached hydrogens (tertiary/aromatic N) is 2. The Morgan fingerprint density at radius 2 is 1.66 bits per heavy atom. The predicted molar refractivity (Wildman–Crippen MR) is 159 cm³/mol. The standard InChI is InChI=1S/C31H35ClFN3O4S/c1-22-17-18-25(32)19-29(22)36(41(39,40)27-14-7-4-8-15-27)21-30(37)35(20-24-11-9-10-16-28(24)33)23(2)31(38)34-26-12-5-3-6-13-26/h4,7-11,14-19,23,26H,3,5-6,12-13,20-21H2,1-2H3,(H,34,38). The fourth-order valence-corrected chi connectivity index (χ4v) is 6.70. The molecule has 7 nitrogen and oxygen atoms in total. The van der Waals surface area contributed by atoms with E-state index >= 15 is 0 Å². The van der Waals surface area contributed by atoms with Crippen molar-refractivity contribution in [2.45, 2.75) is 69.5 Å². The second-order valence-electron chi connectivity index (χ2n) is 10.4. The number of hydrogen-bond acceptors (Lipinski definition) is 4. The second kappa shape index (κ2) is 13.5. The number of carbonyl (C=O) groups excluding carboxylic acids is 2. The fraction of sp³-hybridized carbons (Fsp3) is 0.355. The lowest BCUT2D eigenvalue weighted by atomic mass is 9.95. The Morgan fingerprint density at radius 1 is 1.00 bits per heavy atom. The molecule has 1 N–H and O–H groups in total. The maximum atomic E-state index is 14.7. The van der Waals surface area contributed by atoms with Crippen molar-refractivity contribution in [1.82, 2.24) is 10.2 Å². The van der Waals surface area contributed by atoms with Crippen molar-refractivity contribution in [2.24, 2.45) is 0 Å². The van der Waals surface area contributed by atoms with Crippen LogP contribution in [0.5, 0.6) is 0 Å². The smallest absolute Gasteiger partial charge is 0.264 e. The molecule has 41 heavy (non-hydrogen) atoms. The fourth-order valence-electron chi connectivity index (χ4n) is 5.05. The van der Waals surface area contributed by atoms with Crippen molar-refractivity contribution in [3.8, 4) is 0 Å². The van der Waals surface area contributed by atoms with E-state index in [2.05, 4.69) is 5.32 Å². The van der Waals surface area contributed by atoms with Crippen LogP contribution in [0.4, 0.5) is 10.1 Å². The summed E-state index contributed by atoms with van der Waals surface area (Å²) in [5.41, 5.74) is 1.04. The largest absolute Gasteiger partial charge is 0.352 e. The summed E-state index contributed by atoms with van der Waals surface area (Å²) in [4.78, 5) is 28.6. The number of aryl methyl sites for hydroxylation is 1. The molecule has 0 saturated heterocycles.